The van der Waals surface area contributed by atoms with Crippen molar-refractivity contribution in [2.24, 2.45) is 4.99 Å². The molecule has 0 bridgehead atoms. The molecule has 0 spiro atoms. The van der Waals surface area contributed by atoms with E-state index in [1.54, 1.807) is 24.4 Å². The van der Waals surface area contributed by atoms with E-state index in [0.29, 0.717) is 28.8 Å². The molecular weight excluding hydrogens is 786 g/mol. The highest BCUT2D eigenvalue weighted by molar-refractivity contribution is 5.98. The number of aryl methyl sites for hydroxylation is 2. The number of hydroxylamine groups is 2. The summed E-state index contributed by atoms with van der Waals surface area (Å²) in [6.07, 6.45) is -5.59. The smallest absolute Gasteiger partial charge is 0.337 e. The Bertz CT molecular complexity index is 2440. The maximum atomic E-state index is 13.5. The predicted octanol–water partition coefficient (Wildman–Crippen LogP) is 1.46. The van der Waals surface area contributed by atoms with E-state index in [2.05, 4.69) is 10.3 Å². The number of benzene rings is 3. The monoisotopic (exact) mass is 827 g/mol. The average molecular weight is 828 g/mol. The number of aliphatic imine (C=N–C) groups is 1. The number of aliphatic carboxylic acids is 1. The van der Waals surface area contributed by atoms with Crippen molar-refractivity contribution in [1.82, 2.24) is 10.4 Å². The number of nitrogens with zero attached hydrogens (tertiary/aromatic N) is 2. The Balaban J connectivity index is 1.25. The second-order valence-electron chi connectivity index (χ2n) is 14.5. The van der Waals surface area contributed by atoms with E-state index in [9.17, 15) is 49.8 Å². The maximum Gasteiger partial charge on any atom is 0.337 e. The van der Waals surface area contributed by atoms with Crippen LogP contribution in [0.3, 0.4) is 0 Å². The van der Waals surface area contributed by atoms with Crippen molar-refractivity contribution in [3.8, 4) is 22.6 Å². The standard InChI is InChI=1S/C42H41N3O15/c1-21-14-22(2)16-25(15-21)33-31-24(10-12-44-31)18-45(33)60-37-41(57-27-8-9-28-30(17-27)56-19-29(34(28)49)23-4-6-26(48)7-5-23)58-35(36(50)42(37,55)20-47)40(54)59-39(53)32(38(51)52)43-11-3-13-46/h4-10,12-17,19,32,35-37,40-41,43,47-48,50,54-55H,3,11,18,20H2,1-2H3,(H,51,52)/t32-,35-,36+,37-,40+,41+,42-/m1/s1. The van der Waals surface area contributed by atoms with Gasteiger partial charge in [-0.3, -0.25) is 19.9 Å². The van der Waals surface area contributed by atoms with Crippen molar-refractivity contribution < 1.29 is 68.5 Å². The number of aromatic hydroxyl groups is 1. The molecule has 0 unspecified atom stereocenters. The van der Waals surface area contributed by atoms with Gasteiger partial charge in [-0.1, -0.05) is 29.3 Å². The van der Waals surface area contributed by atoms with Crippen molar-refractivity contribution in [2.75, 3.05) is 19.7 Å². The van der Waals surface area contributed by atoms with E-state index in [1.807, 2.05) is 32.0 Å². The van der Waals surface area contributed by atoms with Gasteiger partial charge in [0.25, 0.3) is 0 Å². The molecule has 3 aliphatic heterocycles. The lowest BCUT2D eigenvalue weighted by Gasteiger charge is -2.49. The maximum absolute atomic E-state index is 13.5. The quantitative estimate of drug-likeness (QED) is 0.0294. The fraction of sp³-hybridized carbons (Fsp3) is 0.310. The molecule has 4 aromatic rings. The van der Waals surface area contributed by atoms with Gasteiger partial charge < -0.3 is 54.1 Å². The van der Waals surface area contributed by atoms with Crippen molar-refractivity contribution in [3.05, 3.63) is 111 Å². The lowest BCUT2D eigenvalue weighted by molar-refractivity contribution is -0.375. The molecule has 0 radical (unpaired) electrons. The molecule has 18 nitrogen and oxygen atoms in total. The number of nitrogens with one attached hydrogen (secondary N) is 1. The molecule has 0 amide bonds. The van der Waals surface area contributed by atoms with Crippen LogP contribution in [0.15, 0.2) is 98.5 Å². The van der Waals surface area contributed by atoms with Crippen molar-refractivity contribution in [2.45, 2.75) is 62.8 Å². The molecule has 7 atom stereocenters. The number of phenolic OH excluding ortho intramolecular Hbond substituents is 1. The number of carbonyl (C=O) groups is 3. The molecule has 1 fully saturated rings. The van der Waals surface area contributed by atoms with Crippen LogP contribution in [0.1, 0.15) is 23.1 Å². The molecule has 3 aromatic carbocycles. The van der Waals surface area contributed by atoms with Gasteiger partial charge in [-0.2, -0.15) is 0 Å². The number of carboxylic acids is 1. The van der Waals surface area contributed by atoms with Crippen LogP contribution in [0.2, 0.25) is 0 Å². The summed E-state index contributed by atoms with van der Waals surface area (Å²) < 4.78 is 23.0. The predicted molar refractivity (Wildman–Crippen MR) is 210 cm³/mol. The second-order valence-corrected chi connectivity index (χ2v) is 14.5. The van der Waals surface area contributed by atoms with Gasteiger partial charge in [-0.05, 0) is 61.9 Å². The van der Waals surface area contributed by atoms with Crippen LogP contribution in [0.4, 0.5) is 0 Å². The van der Waals surface area contributed by atoms with Crippen LogP contribution < -0.4 is 15.5 Å². The highest BCUT2D eigenvalue weighted by Crippen LogP contribution is 2.42. The van der Waals surface area contributed by atoms with Crippen molar-refractivity contribution in [3.63, 3.8) is 0 Å². The molecule has 0 aliphatic carbocycles. The van der Waals surface area contributed by atoms with E-state index in [-0.39, 0.29) is 47.5 Å². The molecule has 7 N–H and O–H groups in total. The molecule has 1 saturated heterocycles. The van der Waals surface area contributed by atoms with Gasteiger partial charge in [0.2, 0.25) is 18.6 Å². The molecule has 3 aliphatic rings. The Labute approximate surface area is 340 Å². The number of rotatable bonds is 15. The number of ether oxygens (including phenoxy) is 3. The summed E-state index contributed by atoms with van der Waals surface area (Å²) in [5, 5.41) is 68.9. The molecule has 314 valence electrons. The minimum absolute atomic E-state index is 0.00956. The van der Waals surface area contributed by atoms with Crippen LogP contribution in [0.5, 0.6) is 11.5 Å². The summed E-state index contributed by atoms with van der Waals surface area (Å²) in [6.45, 7) is 2.44. The van der Waals surface area contributed by atoms with Crippen molar-refractivity contribution in [1.29, 1.82) is 0 Å². The van der Waals surface area contributed by atoms with Gasteiger partial charge in [-0.15, -0.1) is 0 Å². The molecule has 0 saturated carbocycles. The van der Waals surface area contributed by atoms with Gasteiger partial charge in [-0.25, -0.2) is 14.7 Å². The number of fused-ring (bicyclic) bond motifs is 2. The van der Waals surface area contributed by atoms with Crippen LogP contribution in [0.25, 0.3) is 27.8 Å². The van der Waals surface area contributed by atoms with Crippen LogP contribution in [-0.2, 0) is 28.7 Å². The molecule has 18 heteroatoms. The summed E-state index contributed by atoms with van der Waals surface area (Å²) in [7, 11) is 0. The fourth-order valence-electron chi connectivity index (χ4n) is 7.27. The van der Waals surface area contributed by atoms with Crippen LogP contribution >= 0.6 is 0 Å². The summed E-state index contributed by atoms with van der Waals surface area (Å²) in [5.41, 5.74) is 1.92. The lowest BCUT2D eigenvalue weighted by atomic mass is 9.84. The van der Waals surface area contributed by atoms with Crippen molar-refractivity contribution >= 4 is 41.1 Å². The Morgan fingerprint density at radius 1 is 1.08 bits per heavy atom. The minimum atomic E-state index is -2.76. The number of aliphatic hydroxyl groups excluding tert-OH is 3. The zero-order chi connectivity index (χ0) is 42.9. The topological polar surface area (TPSA) is 267 Å². The number of hydrogen-bond donors (Lipinski definition) is 7. The van der Waals surface area contributed by atoms with E-state index in [4.69, 9.17) is 23.5 Å². The number of carboxylic acid groups (broad SMARTS) is 1. The first kappa shape index (κ1) is 41.9. The Kier molecular flexibility index (Phi) is 12.0. The number of aliphatic hydroxyl groups is 4. The molecular formula is C42H41N3O15. The third kappa shape index (κ3) is 8.17. The van der Waals surface area contributed by atoms with Gasteiger partial charge in [0.1, 0.15) is 35.7 Å². The first-order valence-corrected chi connectivity index (χ1v) is 18.7. The number of aldehydes is 1. The van der Waals surface area contributed by atoms with E-state index in [1.165, 1.54) is 41.7 Å². The van der Waals surface area contributed by atoms with E-state index in [0.717, 1.165) is 16.7 Å². The van der Waals surface area contributed by atoms with Gasteiger partial charge in [0.15, 0.2) is 23.2 Å². The second kappa shape index (κ2) is 17.2. The summed E-state index contributed by atoms with van der Waals surface area (Å²) >= 11 is 0. The third-order valence-corrected chi connectivity index (χ3v) is 10.2. The molecule has 7 rings (SSSR count). The SMILES string of the molecule is Cc1cc(C)cc(C2=C3N=CC=C3CN2O[C@@H]2[C@@H](Oc3ccc4c(=O)c(-c5ccc(O)cc5)coc4c3)O[C@@H]([C@@H](O)OC(=O)[C@H](NCCC=O)C(=O)O)[C@H](O)[C@]2(O)CO)c1. The van der Waals surface area contributed by atoms with Gasteiger partial charge in [0, 0.05) is 36.4 Å². The molecule has 60 heavy (non-hydrogen) atoms. The van der Waals surface area contributed by atoms with Gasteiger partial charge >= 0.3 is 11.9 Å². The number of esters is 1. The Morgan fingerprint density at radius 3 is 2.50 bits per heavy atom. The van der Waals surface area contributed by atoms with Crippen LogP contribution in [0, 0.1) is 13.8 Å². The third-order valence-electron chi connectivity index (χ3n) is 10.2. The highest BCUT2D eigenvalue weighted by Gasteiger charge is 2.61. The zero-order valence-electron chi connectivity index (χ0n) is 32.1. The number of phenols is 1. The van der Waals surface area contributed by atoms with E-state index < -0.39 is 66.5 Å². The largest absolute Gasteiger partial charge is 0.508 e. The number of hydrogen-bond acceptors (Lipinski definition) is 17. The highest BCUT2D eigenvalue weighted by atomic mass is 16.8. The normalized spacial score (nSPS) is 23.3. The molecule has 4 heterocycles. The number of allylic oxidation sites excluding steroid dienone is 1. The lowest BCUT2D eigenvalue weighted by Crippen LogP contribution is -2.72. The van der Waals surface area contributed by atoms with Crippen LogP contribution in [-0.4, -0.2) is 122 Å². The zero-order valence-corrected chi connectivity index (χ0v) is 32.1. The number of carbonyl (C=O) groups excluding carboxylic acids is 2. The summed E-state index contributed by atoms with van der Waals surface area (Å²) in [4.78, 5) is 60.0. The fourth-order valence-corrected chi connectivity index (χ4v) is 7.27. The average Bonchev–Trinajstić information content (AvgIpc) is 3.80. The Morgan fingerprint density at radius 2 is 1.82 bits per heavy atom. The minimum Gasteiger partial charge on any atom is -0.508 e. The Hall–Kier alpha value is -6.25. The molecule has 1 aromatic heterocycles. The summed E-state index contributed by atoms with van der Waals surface area (Å²) in [6, 6.07) is 13.8. The summed E-state index contributed by atoms with van der Waals surface area (Å²) in [5.74, 6) is -3.27. The van der Waals surface area contributed by atoms with Gasteiger partial charge in [0.05, 0.1) is 35.5 Å². The first-order valence-electron chi connectivity index (χ1n) is 18.7. The van der Waals surface area contributed by atoms with E-state index >= 15 is 0 Å². The first-order chi connectivity index (χ1) is 28.7.